The van der Waals surface area contributed by atoms with Gasteiger partial charge in [-0.05, 0) is 44.9 Å². The van der Waals surface area contributed by atoms with Gasteiger partial charge in [0.05, 0.1) is 22.1 Å². The van der Waals surface area contributed by atoms with Crippen LogP contribution in [0.25, 0.3) is 10.2 Å². The highest BCUT2D eigenvalue weighted by Crippen LogP contribution is 2.30. The maximum absolute atomic E-state index is 12.8. The van der Waals surface area contributed by atoms with Crippen molar-refractivity contribution in [3.63, 3.8) is 0 Å². The van der Waals surface area contributed by atoms with Crippen molar-refractivity contribution in [1.82, 2.24) is 9.55 Å². The lowest BCUT2D eigenvalue weighted by atomic mass is 10.2. The van der Waals surface area contributed by atoms with Crippen molar-refractivity contribution >= 4 is 39.1 Å². The second-order valence-corrected chi connectivity index (χ2v) is 8.94. The molecule has 0 amide bonds. The Bertz CT molecular complexity index is 906. The molecule has 1 aliphatic heterocycles. The van der Waals surface area contributed by atoms with Gasteiger partial charge in [-0.15, -0.1) is 11.3 Å². The van der Waals surface area contributed by atoms with Crippen LogP contribution in [-0.2, 0) is 11.3 Å². The van der Waals surface area contributed by atoms with E-state index in [9.17, 15) is 4.79 Å². The first-order valence-corrected chi connectivity index (χ1v) is 10.7. The number of aromatic nitrogens is 2. The Kier molecular flexibility index (Phi) is 5.16. The number of benzene rings is 1. The molecule has 4 rings (SSSR count). The summed E-state index contributed by atoms with van der Waals surface area (Å²) in [5, 5.41) is 0. The van der Waals surface area contributed by atoms with Gasteiger partial charge < -0.3 is 9.30 Å². The number of nitrogens with zero attached hydrogens (tertiary/aromatic N) is 2. The van der Waals surface area contributed by atoms with Crippen molar-refractivity contribution < 1.29 is 9.53 Å². The first kappa shape index (κ1) is 17.8. The molecular weight excluding hydrogens is 364 g/mol. The molecule has 3 aromatic rings. The van der Waals surface area contributed by atoms with Gasteiger partial charge >= 0.3 is 0 Å². The predicted octanol–water partition coefficient (Wildman–Crippen LogP) is 4.87. The van der Waals surface area contributed by atoms with Crippen LogP contribution in [0.2, 0.25) is 0 Å². The van der Waals surface area contributed by atoms with Crippen molar-refractivity contribution in [3.05, 3.63) is 47.3 Å². The summed E-state index contributed by atoms with van der Waals surface area (Å²) in [6.45, 7) is 5.81. The highest BCUT2D eigenvalue weighted by molar-refractivity contribution is 8.01. The van der Waals surface area contributed by atoms with Crippen LogP contribution in [0, 0.1) is 13.8 Å². The standard InChI is InChI=1S/C20H22N2O2S2/c1-13-10-16(14(2)22(13)11-15-6-5-9-24-15)18(23)12-25-20-21-17-7-3-4-8-19(17)26-20/h3-4,7-8,10,15H,5-6,9,11-12H2,1-2H3/t15-/m1/s1. The van der Waals surface area contributed by atoms with E-state index in [0.29, 0.717) is 5.75 Å². The Morgan fingerprint density at radius 3 is 3.00 bits per heavy atom. The van der Waals surface area contributed by atoms with E-state index < -0.39 is 0 Å². The Morgan fingerprint density at radius 1 is 1.38 bits per heavy atom. The third-order valence-corrected chi connectivity index (χ3v) is 7.06. The minimum absolute atomic E-state index is 0.168. The number of Topliss-reactive ketones (excluding diaryl/α,β-unsaturated/α-hetero) is 1. The number of ether oxygens (including phenoxy) is 1. The number of aryl methyl sites for hydroxylation is 1. The van der Waals surface area contributed by atoms with Gasteiger partial charge in [0.2, 0.25) is 0 Å². The molecule has 6 heteroatoms. The molecule has 136 valence electrons. The number of para-hydroxylation sites is 1. The number of fused-ring (bicyclic) bond motifs is 1. The molecule has 1 aliphatic rings. The summed E-state index contributed by atoms with van der Waals surface area (Å²) in [5.74, 6) is 0.588. The molecule has 0 spiro atoms. The Morgan fingerprint density at radius 2 is 2.23 bits per heavy atom. The molecular formula is C20H22N2O2S2. The van der Waals surface area contributed by atoms with E-state index in [-0.39, 0.29) is 11.9 Å². The second kappa shape index (κ2) is 7.55. The van der Waals surface area contributed by atoms with Gasteiger partial charge in [0.25, 0.3) is 0 Å². The monoisotopic (exact) mass is 386 g/mol. The molecule has 2 aromatic heterocycles. The van der Waals surface area contributed by atoms with E-state index in [2.05, 4.69) is 22.5 Å². The van der Waals surface area contributed by atoms with Gasteiger partial charge in [-0.3, -0.25) is 4.79 Å². The molecule has 0 N–H and O–H groups in total. The zero-order valence-corrected chi connectivity index (χ0v) is 16.7. The van der Waals surface area contributed by atoms with Crippen molar-refractivity contribution in [2.45, 2.75) is 43.7 Å². The molecule has 0 aliphatic carbocycles. The zero-order chi connectivity index (χ0) is 18.1. The highest BCUT2D eigenvalue weighted by Gasteiger charge is 2.21. The molecule has 1 fully saturated rings. The largest absolute Gasteiger partial charge is 0.376 e. The minimum atomic E-state index is 0.168. The molecule has 0 unspecified atom stereocenters. The summed E-state index contributed by atoms with van der Waals surface area (Å²) in [4.78, 5) is 17.4. The van der Waals surface area contributed by atoms with E-state index in [0.717, 1.165) is 57.5 Å². The normalized spacial score (nSPS) is 17.2. The Labute approximate surface area is 161 Å². The maximum Gasteiger partial charge on any atom is 0.174 e. The number of carbonyl (C=O) groups excluding carboxylic acids is 1. The van der Waals surface area contributed by atoms with Crippen LogP contribution in [0.3, 0.4) is 0 Å². The van der Waals surface area contributed by atoms with Crippen molar-refractivity contribution in [2.75, 3.05) is 12.4 Å². The van der Waals surface area contributed by atoms with Crippen molar-refractivity contribution in [3.8, 4) is 0 Å². The number of rotatable bonds is 6. The highest BCUT2D eigenvalue weighted by atomic mass is 32.2. The van der Waals surface area contributed by atoms with Crippen LogP contribution in [0.15, 0.2) is 34.7 Å². The third kappa shape index (κ3) is 3.59. The van der Waals surface area contributed by atoms with Crippen LogP contribution < -0.4 is 0 Å². The fourth-order valence-electron chi connectivity index (χ4n) is 3.47. The predicted molar refractivity (Wildman–Crippen MR) is 108 cm³/mol. The summed E-state index contributed by atoms with van der Waals surface area (Å²) in [6.07, 6.45) is 2.52. The quantitative estimate of drug-likeness (QED) is 0.448. The van der Waals surface area contributed by atoms with Gasteiger partial charge in [0, 0.05) is 30.1 Å². The smallest absolute Gasteiger partial charge is 0.174 e. The molecule has 0 bridgehead atoms. The lowest BCUT2D eigenvalue weighted by Gasteiger charge is -2.14. The van der Waals surface area contributed by atoms with E-state index in [1.165, 1.54) is 11.8 Å². The average molecular weight is 387 g/mol. The lowest BCUT2D eigenvalue weighted by molar-refractivity contribution is 0.0957. The molecule has 1 atom stereocenters. The summed E-state index contributed by atoms with van der Waals surface area (Å²) in [6, 6.07) is 10.1. The summed E-state index contributed by atoms with van der Waals surface area (Å²) < 4.78 is 10.1. The second-order valence-electron chi connectivity index (χ2n) is 6.69. The topological polar surface area (TPSA) is 44.1 Å². The average Bonchev–Trinajstić information content (AvgIpc) is 3.35. The van der Waals surface area contributed by atoms with Crippen LogP contribution >= 0.6 is 23.1 Å². The number of hydrogen-bond acceptors (Lipinski definition) is 5. The van der Waals surface area contributed by atoms with E-state index >= 15 is 0 Å². The molecule has 4 nitrogen and oxygen atoms in total. The van der Waals surface area contributed by atoms with Crippen LogP contribution in [0.1, 0.15) is 34.6 Å². The Balaban J connectivity index is 1.45. The lowest BCUT2D eigenvalue weighted by Crippen LogP contribution is -2.17. The van der Waals surface area contributed by atoms with Crippen molar-refractivity contribution in [2.24, 2.45) is 0 Å². The first-order valence-electron chi connectivity index (χ1n) is 8.91. The SMILES string of the molecule is Cc1cc(C(=O)CSc2nc3ccccc3s2)c(C)n1C[C@H]1CCCO1. The molecule has 1 aromatic carbocycles. The van der Waals surface area contributed by atoms with Crippen LogP contribution in [0.5, 0.6) is 0 Å². The van der Waals surface area contributed by atoms with Gasteiger partial charge in [-0.1, -0.05) is 23.9 Å². The molecule has 26 heavy (non-hydrogen) atoms. The van der Waals surface area contributed by atoms with E-state index in [1.807, 2.05) is 31.2 Å². The number of carbonyl (C=O) groups is 1. The summed E-state index contributed by atoms with van der Waals surface area (Å²) in [5.41, 5.74) is 4.01. The fourth-order valence-corrected chi connectivity index (χ4v) is 5.43. The Hall–Kier alpha value is -1.63. The van der Waals surface area contributed by atoms with E-state index in [1.54, 1.807) is 11.3 Å². The van der Waals surface area contributed by atoms with Gasteiger partial charge in [0.1, 0.15) is 0 Å². The van der Waals surface area contributed by atoms with Crippen LogP contribution in [0.4, 0.5) is 0 Å². The van der Waals surface area contributed by atoms with Crippen molar-refractivity contribution in [1.29, 1.82) is 0 Å². The molecule has 0 saturated carbocycles. The number of thiazole rings is 1. The zero-order valence-electron chi connectivity index (χ0n) is 15.0. The number of ketones is 1. The van der Waals surface area contributed by atoms with Gasteiger partial charge in [0.15, 0.2) is 10.1 Å². The number of thioether (sulfide) groups is 1. The number of hydrogen-bond donors (Lipinski definition) is 0. The summed E-state index contributed by atoms with van der Waals surface area (Å²) in [7, 11) is 0. The first-order chi connectivity index (χ1) is 12.6. The van der Waals surface area contributed by atoms with Gasteiger partial charge in [-0.25, -0.2) is 4.98 Å². The third-order valence-electron chi connectivity index (χ3n) is 4.89. The van der Waals surface area contributed by atoms with Crippen LogP contribution in [-0.4, -0.2) is 33.8 Å². The summed E-state index contributed by atoms with van der Waals surface area (Å²) >= 11 is 3.18. The van der Waals surface area contributed by atoms with Gasteiger partial charge in [-0.2, -0.15) is 0 Å². The molecule has 1 saturated heterocycles. The van der Waals surface area contributed by atoms with E-state index in [4.69, 9.17) is 4.74 Å². The molecule has 0 radical (unpaired) electrons. The maximum atomic E-state index is 12.8. The molecule has 3 heterocycles. The minimum Gasteiger partial charge on any atom is -0.376 e. The fraction of sp³-hybridized carbons (Fsp3) is 0.400.